The van der Waals surface area contributed by atoms with Crippen LogP contribution >= 0.6 is 15.6 Å². The van der Waals surface area contributed by atoms with Crippen molar-refractivity contribution in [3.63, 3.8) is 0 Å². The molecule has 0 aliphatic heterocycles. The summed E-state index contributed by atoms with van der Waals surface area (Å²) in [6.45, 7) is 6.84. The molecular weight excluding hydrogens is 1220 g/mol. The predicted octanol–water partition coefficient (Wildman–Crippen LogP) is 12.1. The van der Waals surface area contributed by atoms with Crippen molar-refractivity contribution in [3.8, 4) is 6.07 Å². The van der Waals surface area contributed by atoms with Gasteiger partial charge in [0, 0.05) is 40.3 Å². The molecular formula is C44H36BrF24N7P2. The van der Waals surface area contributed by atoms with E-state index in [9.17, 15) is 103 Å². The summed E-state index contributed by atoms with van der Waals surface area (Å²) in [5, 5.41) is 7.32. The number of imidazole rings is 3. The smallest absolute Gasteiger partial charge is 1.00 e. The largest absolute Gasteiger partial charge is 1.00 e. The first-order valence-corrected chi connectivity index (χ1v) is 24.9. The molecule has 7 aromatic rings. The fraction of sp³-hybridized carbons (Fsp3) is 0.227. The van der Waals surface area contributed by atoms with Gasteiger partial charge in [-0.25, -0.2) is 80.1 Å². The first-order chi connectivity index (χ1) is 34.7. The van der Waals surface area contributed by atoms with Crippen molar-refractivity contribution in [1.29, 1.82) is 5.26 Å². The molecule has 0 saturated carbocycles. The van der Waals surface area contributed by atoms with Crippen molar-refractivity contribution in [2.75, 3.05) is 0 Å². The van der Waals surface area contributed by atoms with Crippen LogP contribution in [0.3, 0.4) is 0 Å². The van der Waals surface area contributed by atoms with E-state index < -0.39 is 102 Å². The number of nitrogens with zero attached hydrogens (tertiary/aromatic N) is 7. The predicted molar refractivity (Wildman–Crippen MR) is 226 cm³/mol. The fourth-order valence-electron chi connectivity index (χ4n) is 7.33. The molecule has 0 amide bonds. The molecule has 0 atom stereocenters. The zero-order valence-corrected chi connectivity index (χ0v) is 43.0. The molecule has 0 saturated heterocycles. The van der Waals surface area contributed by atoms with E-state index in [2.05, 4.69) is 0 Å². The van der Waals surface area contributed by atoms with E-state index in [4.69, 9.17) is 5.26 Å². The summed E-state index contributed by atoms with van der Waals surface area (Å²) >= 11 is 0. The molecule has 0 bridgehead atoms. The monoisotopic (exact) mass is 1260 g/mol. The first kappa shape index (κ1) is 65.9. The number of benzene rings is 4. The van der Waals surface area contributed by atoms with Gasteiger partial charge in [-0.1, -0.05) is 0 Å². The maximum Gasteiger partial charge on any atom is -1.00 e. The van der Waals surface area contributed by atoms with Crippen LogP contribution < -0.4 is 30.7 Å². The van der Waals surface area contributed by atoms with Crippen molar-refractivity contribution in [2.24, 2.45) is 0 Å². The van der Waals surface area contributed by atoms with E-state index in [0.29, 0.717) is 18.2 Å². The van der Waals surface area contributed by atoms with Crippen LogP contribution in [0.15, 0.2) is 74.4 Å². The Hall–Kier alpha value is -6.34. The third-order valence-corrected chi connectivity index (χ3v) is 10.6. The summed E-state index contributed by atoms with van der Waals surface area (Å²) in [5.41, 5.74) is 3.78. The summed E-state index contributed by atoms with van der Waals surface area (Å²) in [6, 6.07) is 3.50. The van der Waals surface area contributed by atoms with Crippen LogP contribution in [0.4, 0.5) is 103 Å². The van der Waals surface area contributed by atoms with Crippen LogP contribution in [0.1, 0.15) is 57.0 Å². The van der Waals surface area contributed by atoms with Crippen molar-refractivity contribution in [3.05, 3.63) is 194 Å². The van der Waals surface area contributed by atoms with E-state index in [1.54, 1.807) is 75.9 Å². The van der Waals surface area contributed by atoms with E-state index in [1.807, 2.05) is 20.8 Å². The van der Waals surface area contributed by atoms with Crippen LogP contribution in [-0.2, 0) is 39.3 Å². The molecule has 78 heavy (non-hydrogen) atoms. The Morgan fingerprint density at radius 1 is 0.397 bits per heavy atom. The second-order valence-electron chi connectivity index (χ2n) is 16.6. The van der Waals surface area contributed by atoms with E-state index in [0.717, 1.165) is 33.4 Å². The zero-order chi connectivity index (χ0) is 58.8. The second-order valence-corrected chi connectivity index (χ2v) is 20.4. The van der Waals surface area contributed by atoms with Gasteiger partial charge in [0.1, 0.15) is 76.4 Å². The van der Waals surface area contributed by atoms with Gasteiger partial charge in [-0.05, 0) is 55.7 Å². The molecule has 0 radical (unpaired) electrons. The third-order valence-electron chi connectivity index (χ3n) is 10.6. The minimum absolute atomic E-state index is 0. The number of hydrogen-bond acceptors (Lipinski definition) is 1. The quantitative estimate of drug-likeness (QED) is 0.0395. The average Bonchev–Trinajstić information content (AvgIpc) is 4.06. The summed E-state index contributed by atoms with van der Waals surface area (Å²) in [6.07, 6.45) is 14.3. The Bertz CT molecular complexity index is 3040. The van der Waals surface area contributed by atoms with Crippen LogP contribution in [0, 0.1) is 102 Å². The number of hydrogen-bond donors (Lipinski definition) is 0. The van der Waals surface area contributed by atoms with Gasteiger partial charge >= 0.3 is 66.0 Å². The van der Waals surface area contributed by atoms with Crippen LogP contribution in [0.25, 0.3) is 0 Å². The number of nitriles is 1. The topological polar surface area (TPSA) is 50.2 Å². The third kappa shape index (κ3) is 19.8. The Morgan fingerprint density at radius 3 is 0.782 bits per heavy atom. The van der Waals surface area contributed by atoms with Gasteiger partial charge in [-0.2, -0.15) is 5.26 Å². The number of halogens is 25. The van der Waals surface area contributed by atoms with E-state index >= 15 is 0 Å². The van der Waals surface area contributed by atoms with Crippen molar-refractivity contribution in [1.82, 2.24) is 13.7 Å². The van der Waals surface area contributed by atoms with Crippen LogP contribution in [0.2, 0.25) is 0 Å². The Labute approximate surface area is 434 Å². The van der Waals surface area contributed by atoms with Gasteiger partial charge in [0.15, 0.2) is 69.8 Å². The molecule has 7 nitrogen and oxygen atoms in total. The van der Waals surface area contributed by atoms with Crippen LogP contribution in [0.5, 0.6) is 0 Å². The molecule has 3 heterocycles. The van der Waals surface area contributed by atoms with E-state index in [-0.39, 0.29) is 56.2 Å². The summed E-state index contributed by atoms with van der Waals surface area (Å²) < 4.78 is 296. The Balaban J connectivity index is 0.000000772. The molecule has 0 spiro atoms. The molecule has 0 unspecified atom stereocenters. The van der Waals surface area contributed by atoms with Crippen molar-refractivity contribution in [2.45, 2.75) is 67.0 Å². The summed E-state index contributed by atoms with van der Waals surface area (Å²) in [4.78, 5) is 0. The minimum atomic E-state index is -10.7. The second kappa shape index (κ2) is 22.4. The van der Waals surface area contributed by atoms with Crippen molar-refractivity contribution < 1.29 is 134 Å². The molecule has 4 aromatic carbocycles. The molecule has 3 aromatic heterocycles. The van der Waals surface area contributed by atoms with Gasteiger partial charge < -0.3 is 17.0 Å². The Morgan fingerprint density at radius 2 is 0.590 bits per heavy atom. The number of aromatic nitrogens is 6. The molecule has 34 heteroatoms. The summed E-state index contributed by atoms with van der Waals surface area (Å²) in [7, 11) is -21.3. The van der Waals surface area contributed by atoms with E-state index in [1.165, 1.54) is 20.6 Å². The fourth-order valence-corrected chi connectivity index (χ4v) is 7.33. The SMILES string of the molecule is CC#N.Cc1c(Cn2cc[n+](Cc3cc(F)c(F)c(F)c3F)c2)c(C)c(Cn2cc[n+](Cc3cc(F)c(F)c(F)c3F)c2)c(C)c1Cn1cc[n+](Cc2cc(F)c(F)c(F)c2F)c1.F[P-](F)(F)(F)(F)F.F[P-](F)(F)(F)(F)F.[Br-]. The normalized spacial score (nSPS) is 13.2. The Kier molecular flexibility index (Phi) is 19.0. The minimum Gasteiger partial charge on any atom is -1.00 e. The average molecular weight is 1260 g/mol. The molecule has 0 fully saturated rings. The summed E-state index contributed by atoms with van der Waals surface area (Å²) in [5.74, 6) is -20.7. The first-order valence-electron chi connectivity index (χ1n) is 20.9. The standard InChI is InChI=1S/C42H33F12N6.C2H3N.BrH.2F6P/c1-22-28(16-58-7-4-55(19-58)13-25-10-31(43)37(49)40(52)34(25)46)23(2)30(18-60-9-6-57(21-60)15-27-12-33(45)39(51)42(54)36(27)48)24(3)29(22)17-59-8-5-56(20-59)14-26-11-32(44)38(50)41(53)35(26)47;1-2-3;;2*1-7(2,3,4,5)6/h4-12,19-21H,13-18H2,1-3H3;1H3;1H;;/q+3;;;2*-1/p-1. The van der Waals surface area contributed by atoms with Gasteiger partial charge in [0.25, 0.3) is 0 Å². The van der Waals surface area contributed by atoms with Gasteiger partial charge in [-0.15, -0.1) is 0 Å². The molecule has 7 rings (SSSR count). The number of rotatable bonds is 12. The maximum absolute atomic E-state index is 14.5. The molecule has 0 aliphatic carbocycles. The van der Waals surface area contributed by atoms with Gasteiger partial charge in [0.05, 0.1) is 6.07 Å². The van der Waals surface area contributed by atoms with Crippen molar-refractivity contribution >= 4 is 15.6 Å². The van der Waals surface area contributed by atoms with Gasteiger partial charge in [-0.3, -0.25) is 0 Å². The molecule has 0 N–H and O–H groups in total. The molecule has 0 aliphatic rings. The zero-order valence-electron chi connectivity index (χ0n) is 39.6. The molecule has 432 valence electrons. The van der Waals surface area contributed by atoms with Crippen LogP contribution in [-0.4, -0.2) is 13.7 Å². The van der Waals surface area contributed by atoms with Gasteiger partial charge in [0.2, 0.25) is 19.0 Å². The maximum atomic E-state index is 14.5.